The van der Waals surface area contributed by atoms with E-state index in [9.17, 15) is 4.79 Å². The third-order valence-corrected chi connectivity index (χ3v) is 2.96. The standard InChI is InChI=1S/C12H16Cl2N2O2/c1-3-5-6-9-15-11(13)8(12(14)16-9)7-10(17)18-4-2/h3-7H2,1-2H3. The molecule has 0 bridgehead atoms. The molecule has 6 heteroatoms. The summed E-state index contributed by atoms with van der Waals surface area (Å²) in [5.74, 6) is 0.227. The van der Waals surface area contributed by atoms with E-state index in [1.807, 2.05) is 0 Å². The van der Waals surface area contributed by atoms with Gasteiger partial charge in [-0.3, -0.25) is 4.79 Å². The zero-order valence-corrected chi connectivity index (χ0v) is 12.0. The molecule has 0 saturated heterocycles. The second kappa shape index (κ2) is 7.54. The summed E-state index contributed by atoms with van der Waals surface area (Å²) in [6.45, 7) is 4.15. The minimum absolute atomic E-state index is 0.000432. The Balaban J connectivity index is 2.83. The molecule has 0 N–H and O–H groups in total. The molecule has 4 nitrogen and oxygen atoms in total. The lowest BCUT2D eigenvalue weighted by atomic mass is 10.2. The molecule has 0 atom stereocenters. The Morgan fingerprint density at radius 1 is 1.22 bits per heavy atom. The average molecular weight is 291 g/mol. The first kappa shape index (κ1) is 15.2. The monoisotopic (exact) mass is 290 g/mol. The van der Waals surface area contributed by atoms with Gasteiger partial charge in [-0.2, -0.15) is 0 Å². The molecule has 0 aliphatic carbocycles. The number of hydrogen-bond acceptors (Lipinski definition) is 4. The molecule has 0 aliphatic rings. The van der Waals surface area contributed by atoms with Crippen LogP contribution in [-0.2, 0) is 22.4 Å². The van der Waals surface area contributed by atoms with E-state index in [4.69, 9.17) is 27.9 Å². The van der Waals surface area contributed by atoms with Crippen molar-refractivity contribution in [3.8, 4) is 0 Å². The van der Waals surface area contributed by atoms with Crippen LogP contribution in [0.1, 0.15) is 38.1 Å². The molecule has 0 fully saturated rings. The molecular weight excluding hydrogens is 275 g/mol. The number of aromatic nitrogens is 2. The van der Waals surface area contributed by atoms with Gasteiger partial charge in [0.2, 0.25) is 0 Å². The SMILES string of the molecule is CCCCc1nc(Cl)c(CC(=O)OCC)c(Cl)n1. The number of ether oxygens (including phenoxy) is 1. The van der Waals surface area contributed by atoms with E-state index >= 15 is 0 Å². The number of esters is 1. The van der Waals surface area contributed by atoms with Gasteiger partial charge in [0, 0.05) is 12.0 Å². The normalized spacial score (nSPS) is 10.4. The fraction of sp³-hybridized carbons (Fsp3) is 0.583. The molecule has 1 heterocycles. The van der Waals surface area contributed by atoms with Crippen LogP contribution in [-0.4, -0.2) is 22.5 Å². The topological polar surface area (TPSA) is 52.1 Å². The molecule has 1 aromatic rings. The highest BCUT2D eigenvalue weighted by Gasteiger charge is 2.15. The summed E-state index contributed by atoms with van der Waals surface area (Å²) in [6, 6.07) is 0. The van der Waals surface area contributed by atoms with Gasteiger partial charge in [-0.05, 0) is 13.3 Å². The van der Waals surface area contributed by atoms with E-state index in [0.29, 0.717) is 18.0 Å². The van der Waals surface area contributed by atoms with Crippen LogP contribution >= 0.6 is 23.2 Å². The molecule has 0 aromatic carbocycles. The molecule has 0 unspecified atom stereocenters. The number of nitrogens with zero attached hydrogens (tertiary/aromatic N) is 2. The predicted molar refractivity (Wildman–Crippen MR) is 71.0 cm³/mol. The summed E-state index contributed by atoms with van der Waals surface area (Å²) in [7, 11) is 0. The first-order chi connectivity index (χ1) is 8.58. The highest BCUT2D eigenvalue weighted by molar-refractivity contribution is 6.34. The average Bonchev–Trinajstić information content (AvgIpc) is 2.31. The van der Waals surface area contributed by atoms with Gasteiger partial charge in [0.05, 0.1) is 13.0 Å². The largest absolute Gasteiger partial charge is 0.466 e. The highest BCUT2D eigenvalue weighted by atomic mass is 35.5. The van der Waals surface area contributed by atoms with Gasteiger partial charge in [-0.25, -0.2) is 9.97 Å². The summed E-state index contributed by atoms with van der Waals surface area (Å²) < 4.78 is 4.84. The zero-order chi connectivity index (χ0) is 13.5. The lowest BCUT2D eigenvalue weighted by Gasteiger charge is -2.07. The first-order valence-electron chi connectivity index (χ1n) is 5.94. The van der Waals surface area contributed by atoms with Gasteiger partial charge in [0.1, 0.15) is 16.1 Å². The van der Waals surface area contributed by atoms with Crippen molar-refractivity contribution in [2.45, 2.75) is 39.5 Å². The third kappa shape index (κ3) is 4.42. The van der Waals surface area contributed by atoms with Crippen LogP contribution < -0.4 is 0 Å². The van der Waals surface area contributed by atoms with Crippen LogP contribution in [0.5, 0.6) is 0 Å². The molecule has 0 amide bonds. The molecule has 100 valence electrons. The Hall–Kier alpha value is -0.870. The lowest BCUT2D eigenvalue weighted by molar-refractivity contribution is -0.142. The number of hydrogen-bond donors (Lipinski definition) is 0. The summed E-state index contributed by atoms with van der Waals surface area (Å²) in [6.07, 6.45) is 2.75. The maximum absolute atomic E-state index is 11.4. The van der Waals surface area contributed by atoms with E-state index in [1.54, 1.807) is 6.92 Å². The van der Waals surface area contributed by atoms with Gasteiger partial charge in [0.15, 0.2) is 0 Å². The first-order valence-corrected chi connectivity index (χ1v) is 6.70. The van der Waals surface area contributed by atoms with Crippen molar-refractivity contribution in [3.63, 3.8) is 0 Å². The van der Waals surface area contributed by atoms with Gasteiger partial charge < -0.3 is 4.74 Å². The van der Waals surface area contributed by atoms with Crippen molar-refractivity contribution in [2.24, 2.45) is 0 Å². The number of aryl methyl sites for hydroxylation is 1. The number of unbranched alkanes of at least 4 members (excludes halogenated alkanes) is 1. The van der Waals surface area contributed by atoms with Crippen molar-refractivity contribution >= 4 is 29.2 Å². The number of halogens is 2. The molecule has 0 spiro atoms. The molecule has 0 aliphatic heterocycles. The van der Waals surface area contributed by atoms with Gasteiger partial charge in [-0.1, -0.05) is 36.5 Å². The van der Waals surface area contributed by atoms with E-state index < -0.39 is 0 Å². The summed E-state index contributed by atoms with van der Waals surface area (Å²) in [5, 5.41) is 0.461. The Kier molecular flexibility index (Phi) is 6.36. The zero-order valence-electron chi connectivity index (χ0n) is 10.5. The van der Waals surface area contributed by atoms with Crippen molar-refractivity contribution in [2.75, 3.05) is 6.61 Å². The minimum atomic E-state index is -0.383. The van der Waals surface area contributed by atoms with Gasteiger partial charge >= 0.3 is 5.97 Å². The molecule has 1 rings (SSSR count). The van der Waals surface area contributed by atoms with Crippen LogP contribution in [0.3, 0.4) is 0 Å². The third-order valence-electron chi connectivity index (χ3n) is 2.33. The summed E-state index contributed by atoms with van der Waals surface area (Å²) >= 11 is 12.0. The molecular formula is C12H16Cl2N2O2. The number of carbonyl (C=O) groups is 1. The van der Waals surface area contributed by atoms with Crippen LogP contribution in [0.4, 0.5) is 0 Å². The van der Waals surface area contributed by atoms with Crippen LogP contribution in [0, 0.1) is 0 Å². The number of rotatable bonds is 6. The molecule has 1 aromatic heterocycles. The fourth-order valence-corrected chi connectivity index (χ4v) is 1.98. The van der Waals surface area contributed by atoms with Gasteiger partial charge in [0.25, 0.3) is 0 Å². The second-order valence-electron chi connectivity index (χ2n) is 3.79. The van der Waals surface area contributed by atoms with E-state index in [0.717, 1.165) is 19.3 Å². The fourth-order valence-electron chi connectivity index (χ4n) is 1.42. The smallest absolute Gasteiger partial charge is 0.310 e. The molecule has 0 saturated carbocycles. The van der Waals surface area contributed by atoms with Crippen LogP contribution in [0.15, 0.2) is 0 Å². The van der Waals surface area contributed by atoms with Crippen molar-refractivity contribution in [1.82, 2.24) is 9.97 Å². The number of carbonyl (C=O) groups excluding carboxylic acids is 1. The quantitative estimate of drug-likeness (QED) is 0.596. The van der Waals surface area contributed by atoms with E-state index in [-0.39, 0.29) is 22.7 Å². The lowest BCUT2D eigenvalue weighted by Crippen LogP contribution is -2.10. The highest BCUT2D eigenvalue weighted by Crippen LogP contribution is 2.22. The Morgan fingerprint density at radius 3 is 2.33 bits per heavy atom. The van der Waals surface area contributed by atoms with E-state index in [1.165, 1.54) is 0 Å². The van der Waals surface area contributed by atoms with Crippen molar-refractivity contribution in [3.05, 3.63) is 21.7 Å². The van der Waals surface area contributed by atoms with Crippen LogP contribution in [0.25, 0.3) is 0 Å². The second-order valence-corrected chi connectivity index (χ2v) is 4.50. The summed E-state index contributed by atoms with van der Waals surface area (Å²) in [5.41, 5.74) is 0.428. The van der Waals surface area contributed by atoms with Crippen LogP contribution in [0.2, 0.25) is 10.3 Å². The van der Waals surface area contributed by atoms with Crippen molar-refractivity contribution < 1.29 is 9.53 Å². The Labute approximate surface area is 117 Å². The van der Waals surface area contributed by atoms with Crippen molar-refractivity contribution in [1.29, 1.82) is 0 Å². The predicted octanol–water partition coefficient (Wildman–Crippen LogP) is 3.23. The van der Waals surface area contributed by atoms with E-state index in [2.05, 4.69) is 16.9 Å². The molecule has 18 heavy (non-hydrogen) atoms. The minimum Gasteiger partial charge on any atom is -0.466 e. The maximum atomic E-state index is 11.4. The van der Waals surface area contributed by atoms with Gasteiger partial charge in [-0.15, -0.1) is 0 Å². The Morgan fingerprint density at radius 2 is 1.83 bits per heavy atom. The maximum Gasteiger partial charge on any atom is 0.310 e. The molecule has 0 radical (unpaired) electrons. The summed E-state index contributed by atoms with van der Waals surface area (Å²) in [4.78, 5) is 19.7. The Bertz CT molecular complexity index is 402.